The van der Waals surface area contributed by atoms with E-state index in [1.807, 2.05) is 18.7 Å². The number of carbonyl (C=O) groups excluding carboxylic acids is 2. The zero-order valence-electron chi connectivity index (χ0n) is 11.8. The highest BCUT2D eigenvalue weighted by atomic mass is 16.2. The standard InChI is InChI=1S/C14H24N2O2/c1-5-10-13(18)16(9(2)12(17)15-10)11-7-6-8-14(11,3)4/h9-11H,5-8H2,1-4H3,(H,15,17). The summed E-state index contributed by atoms with van der Waals surface area (Å²) in [4.78, 5) is 26.3. The van der Waals surface area contributed by atoms with Crippen LogP contribution in [0.3, 0.4) is 0 Å². The van der Waals surface area contributed by atoms with Gasteiger partial charge < -0.3 is 10.2 Å². The Morgan fingerprint density at radius 2 is 2.06 bits per heavy atom. The summed E-state index contributed by atoms with van der Waals surface area (Å²) in [6.45, 7) is 8.20. The molecule has 1 N–H and O–H groups in total. The molecule has 102 valence electrons. The van der Waals surface area contributed by atoms with Crippen LogP contribution in [0.4, 0.5) is 0 Å². The number of nitrogens with zero attached hydrogens (tertiary/aromatic N) is 1. The zero-order chi connectivity index (χ0) is 13.5. The van der Waals surface area contributed by atoms with Crippen molar-refractivity contribution in [2.75, 3.05) is 0 Å². The highest BCUT2D eigenvalue weighted by molar-refractivity contribution is 5.96. The van der Waals surface area contributed by atoms with Gasteiger partial charge in [-0.1, -0.05) is 27.2 Å². The van der Waals surface area contributed by atoms with Crippen molar-refractivity contribution >= 4 is 11.8 Å². The molecule has 3 atom stereocenters. The molecule has 0 aromatic carbocycles. The van der Waals surface area contributed by atoms with Gasteiger partial charge >= 0.3 is 0 Å². The Labute approximate surface area is 109 Å². The van der Waals surface area contributed by atoms with Gasteiger partial charge in [-0.2, -0.15) is 0 Å². The quantitative estimate of drug-likeness (QED) is 0.813. The topological polar surface area (TPSA) is 49.4 Å². The first kappa shape index (κ1) is 13.4. The van der Waals surface area contributed by atoms with E-state index in [1.54, 1.807) is 0 Å². The van der Waals surface area contributed by atoms with Crippen molar-refractivity contribution in [1.82, 2.24) is 10.2 Å². The Morgan fingerprint density at radius 1 is 1.39 bits per heavy atom. The number of hydrogen-bond acceptors (Lipinski definition) is 2. The molecule has 2 amide bonds. The Hall–Kier alpha value is -1.06. The van der Waals surface area contributed by atoms with E-state index < -0.39 is 0 Å². The first-order chi connectivity index (χ1) is 8.38. The van der Waals surface area contributed by atoms with Crippen LogP contribution in [0, 0.1) is 5.41 Å². The number of nitrogens with one attached hydrogen (secondary N) is 1. The third-order valence-electron chi connectivity index (χ3n) is 4.61. The number of rotatable bonds is 2. The first-order valence-corrected chi connectivity index (χ1v) is 7.01. The van der Waals surface area contributed by atoms with E-state index in [9.17, 15) is 9.59 Å². The van der Waals surface area contributed by atoms with E-state index in [-0.39, 0.29) is 35.4 Å². The second-order valence-electron chi connectivity index (χ2n) is 6.29. The molecule has 1 aliphatic carbocycles. The second-order valence-corrected chi connectivity index (χ2v) is 6.29. The molecule has 0 radical (unpaired) electrons. The summed E-state index contributed by atoms with van der Waals surface area (Å²) in [5, 5.41) is 2.82. The van der Waals surface area contributed by atoms with Crippen LogP contribution < -0.4 is 5.32 Å². The lowest BCUT2D eigenvalue weighted by Gasteiger charge is -2.45. The fourth-order valence-corrected chi connectivity index (χ4v) is 3.38. The fourth-order valence-electron chi connectivity index (χ4n) is 3.38. The predicted molar refractivity (Wildman–Crippen MR) is 69.9 cm³/mol. The SMILES string of the molecule is CCC1NC(=O)C(C)N(C2CCCC2(C)C)C1=O. The Bertz CT molecular complexity index is 365. The minimum atomic E-state index is -0.331. The van der Waals surface area contributed by atoms with E-state index in [0.29, 0.717) is 6.42 Å². The fraction of sp³-hybridized carbons (Fsp3) is 0.857. The van der Waals surface area contributed by atoms with Crippen LogP contribution in [0.2, 0.25) is 0 Å². The van der Waals surface area contributed by atoms with Crippen LogP contribution in [-0.4, -0.2) is 34.8 Å². The second kappa shape index (κ2) is 4.56. The predicted octanol–water partition coefficient (Wildman–Crippen LogP) is 1.69. The molecule has 1 saturated carbocycles. The third kappa shape index (κ3) is 2.02. The van der Waals surface area contributed by atoms with Crippen molar-refractivity contribution in [3.63, 3.8) is 0 Å². The number of hydrogen-bond donors (Lipinski definition) is 1. The molecule has 2 fully saturated rings. The van der Waals surface area contributed by atoms with Crippen LogP contribution in [0.1, 0.15) is 53.4 Å². The smallest absolute Gasteiger partial charge is 0.246 e. The lowest BCUT2D eigenvalue weighted by molar-refractivity contribution is -0.153. The van der Waals surface area contributed by atoms with Gasteiger partial charge in [0.1, 0.15) is 12.1 Å². The zero-order valence-corrected chi connectivity index (χ0v) is 11.8. The van der Waals surface area contributed by atoms with E-state index in [2.05, 4.69) is 19.2 Å². The van der Waals surface area contributed by atoms with E-state index in [4.69, 9.17) is 0 Å². The maximum atomic E-state index is 12.5. The van der Waals surface area contributed by atoms with Crippen molar-refractivity contribution in [1.29, 1.82) is 0 Å². The van der Waals surface area contributed by atoms with E-state index >= 15 is 0 Å². The van der Waals surface area contributed by atoms with Gasteiger partial charge in [0.15, 0.2) is 0 Å². The Morgan fingerprint density at radius 3 is 2.56 bits per heavy atom. The van der Waals surface area contributed by atoms with Gasteiger partial charge in [-0.05, 0) is 31.6 Å². The molecule has 2 aliphatic rings. The molecule has 18 heavy (non-hydrogen) atoms. The molecule has 0 aromatic heterocycles. The molecule has 4 nitrogen and oxygen atoms in total. The summed E-state index contributed by atoms with van der Waals surface area (Å²) in [5.74, 6) is 0.0914. The molecule has 0 spiro atoms. The summed E-state index contributed by atoms with van der Waals surface area (Å²) in [6, 6.07) is -0.451. The van der Waals surface area contributed by atoms with Crippen molar-refractivity contribution in [2.24, 2.45) is 5.41 Å². The number of amides is 2. The van der Waals surface area contributed by atoms with E-state index in [1.165, 1.54) is 0 Å². The molecule has 0 aromatic rings. The van der Waals surface area contributed by atoms with E-state index in [0.717, 1.165) is 19.3 Å². The van der Waals surface area contributed by atoms with Gasteiger partial charge in [0, 0.05) is 6.04 Å². The van der Waals surface area contributed by atoms with Gasteiger partial charge in [-0.15, -0.1) is 0 Å². The summed E-state index contributed by atoms with van der Waals surface area (Å²) in [7, 11) is 0. The summed E-state index contributed by atoms with van der Waals surface area (Å²) < 4.78 is 0. The average molecular weight is 252 g/mol. The van der Waals surface area contributed by atoms with Gasteiger partial charge in [0.05, 0.1) is 0 Å². The molecule has 4 heteroatoms. The maximum Gasteiger partial charge on any atom is 0.246 e. The van der Waals surface area contributed by atoms with Crippen LogP contribution in [-0.2, 0) is 9.59 Å². The maximum absolute atomic E-state index is 12.5. The lowest BCUT2D eigenvalue weighted by atomic mass is 9.84. The number of carbonyl (C=O) groups is 2. The largest absolute Gasteiger partial charge is 0.343 e. The third-order valence-corrected chi connectivity index (χ3v) is 4.61. The van der Waals surface area contributed by atoms with Gasteiger partial charge in [-0.3, -0.25) is 9.59 Å². The molecule has 1 saturated heterocycles. The Kier molecular flexibility index (Phi) is 3.39. The average Bonchev–Trinajstić information content (AvgIpc) is 2.64. The Balaban J connectivity index is 2.28. The molecule has 1 heterocycles. The summed E-state index contributed by atoms with van der Waals surface area (Å²) in [6.07, 6.45) is 3.97. The molecule has 1 aliphatic heterocycles. The number of piperazine rings is 1. The van der Waals surface area contributed by atoms with Crippen LogP contribution in [0.15, 0.2) is 0 Å². The van der Waals surface area contributed by atoms with Crippen molar-refractivity contribution in [3.8, 4) is 0 Å². The van der Waals surface area contributed by atoms with Gasteiger partial charge in [0.2, 0.25) is 11.8 Å². The van der Waals surface area contributed by atoms with Crippen LogP contribution >= 0.6 is 0 Å². The summed E-state index contributed by atoms with van der Waals surface area (Å²) in [5.41, 5.74) is 0.125. The monoisotopic (exact) mass is 252 g/mol. The van der Waals surface area contributed by atoms with Crippen molar-refractivity contribution in [3.05, 3.63) is 0 Å². The summed E-state index contributed by atoms with van der Waals surface area (Å²) >= 11 is 0. The molecule has 0 bridgehead atoms. The lowest BCUT2D eigenvalue weighted by Crippen LogP contribution is -2.66. The minimum Gasteiger partial charge on any atom is -0.343 e. The van der Waals surface area contributed by atoms with Gasteiger partial charge in [-0.25, -0.2) is 0 Å². The molecular formula is C14H24N2O2. The highest BCUT2D eigenvalue weighted by Crippen LogP contribution is 2.42. The van der Waals surface area contributed by atoms with Crippen LogP contribution in [0.5, 0.6) is 0 Å². The first-order valence-electron chi connectivity index (χ1n) is 7.01. The minimum absolute atomic E-state index is 0.0100. The molecule has 3 unspecified atom stereocenters. The normalized spacial score (nSPS) is 35.8. The highest BCUT2D eigenvalue weighted by Gasteiger charge is 2.47. The van der Waals surface area contributed by atoms with Crippen molar-refractivity contribution in [2.45, 2.75) is 71.5 Å². The van der Waals surface area contributed by atoms with Crippen molar-refractivity contribution < 1.29 is 9.59 Å². The van der Waals surface area contributed by atoms with Crippen LogP contribution in [0.25, 0.3) is 0 Å². The molecular weight excluding hydrogens is 228 g/mol. The molecule has 2 rings (SSSR count). The van der Waals surface area contributed by atoms with Gasteiger partial charge in [0.25, 0.3) is 0 Å².